The van der Waals surface area contributed by atoms with Gasteiger partial charge in [-0.15, -0.1) is 0 Å². The summed E-state index contributed by atoms with van der Waals surface area (Å²) in [6.07, 6.45) is 0. The zero-order chi connectivity index (χ0) is 8.10. The number of aromatic nitrogens is 1. The molecular formula is C5H8N2O2S2. The summed E-state index contributed by atoms with van der Waals surface area (Å²) >= 11 is 3.07. The molecule has 0 atom stereocenters. The summed E-state index contributed by atoms with van der Waals surface area (Å²) in [5.74, 6) is 0.416. The molecule has 1 aliphatic rings. The molecule has 0 amide bonds. The Balaban J connectivity index is 0.000000128. The summed E-state index contributed by atoms with van der Waals surface area (Å²) in [6, 6.07) is 0. The summed E-state index contributed by atoms with van der Waals surface area (Å²) in [4.78, 5) is 9.84. The van der Waals surface area contributed by atoms with Crippen molar-refractivity contribution in [3.8, 4) is 0 Å². The third kappa shape index (κ3) is 2.96. The third-order valence-corrected chi connectivity index (χ3v) is 2.49. The number of H-pyrrole nitrogens is 1. The van der Waals surface area contributed by atoms with Gasteiger partial charge in [-0.25, -0.2) is 4.79 Å². The Morgan fingerprint density at radius 3 is 2.18 bits per heavy atom. The van der Waals surface area contributed by atoms with E-state index in [4.69, 9.17) is 5.11 Å². The van der Waals surface area contributed by atoms with Crippen molar-refractivity contribution < 1.29 is 9.90 Å². The Morgan fingerprint density at radius 1 is 1.73 bits per heavy atom. The van der Waals surface area contributed by atoms with Gasteiger partial charge in [0.05, 0.1) is 0 Å². The van der Waals surface area contributed by atoms with Crippen molar-refractivity contribution >= 4 is 29.4 Å². The van der Waals surface area contributed by atoms with Crippen molar-refractivity contribution in [3.05, 3.63) is 11.1 Å². The minimum Gasteiger partial charge on any atom is -0.477 e. The number of carboxylic acids is 1. The molecule has 1 aromatic rings. The van der Waals surface area contributed by atoms with Crippen LogP contribution in [0.1, 0.15) is 10.5 Å². The molecule has 0 radical (unpaired) electrons. The predicted octanol–water partition coefficient (Wildman–Crippen LogP) is 1.01. The lowest BCUT2D eigenvalue weighted by Crippen LogP contribution is -2.20. The molecule has 4 nitrogen and oxygen atoms in total. The molecule has 0 bridgehead atoms. The smallest absolute Gasteiger partial charge is 0.354 e. The Bertz CT molecular complexity index is 203. The van der Waals surface area contributed by atoms with Gasteiger partial charge in [-0.2, -0.15) is 0 Å². The zero-order valence-electron chi connectivity index (χ0n) is 5.66. The maximum absolute atomic E-state index is 9.84. The zero-order valence-corrected chi connectivity index (χ0v) is 7.30. The molecule has 1 saturated heterocycles. The Morgan fingerprint density at radius 2 is 2.18 bits per heavy atom. The summed E-state index contributed by atoms with van der Waals surface area (Å²) < 4.78 is 5.55. The van der Waals surface area contributed by atoms with Gasteiger partial charge in [-0.05, 0) is 0 Å². The molecule has 2 rings (SSSR count). The number of carboxylic acid groups (broad SMARTS) is 1. The molecule has 2 heterocycles. The minimum absolute atomic E-state index is 0.282. The molecule has 0 spiro atoms. The van der Waals surface area contributed by atoms with Gasteiger partial charge in [0.2, 0.25) is 0 Å². The van der Waals surface area contributed by atoms with Gasteiger partial charge < -0.3 is 9.48 Å². The highest BCUT2D eigenvalue weighted by atomic mass is 32.2. The van der Waals surface area contributed by atoms with Crippen LogP contribution in [0.4, 0.5) is 0 Å². The summed E-state index contributed by atoms with van der Waals surface area (Å²) in [5, 5.41) is 9.63. The van der Waals surface area contributed by atoms with Gasteiger partial charge in [0.15, 0.2) is 0 Å². The van der Waals surface area contributed by atoms with Crippen LogP contribution in [0.25, 0.3) is 0 Å². The minimum atomic E-state index is -0.890. The van der Waals surface area contributed by atoms with Gasteiger partial charge in [0.25, 0.3) is 0 Å². The van der Waals surface area contributed by atoms with Gasteiger partial charge in [-0.3, -0.25) is 4.72 Å². The summed E-state index contributed by atoms with van der Waals surface area (Å²) in [5.41, 5.74) is 0.282. The monoisotopic (exact) mass is 192 g/mol. The van der Waals surface area contributed by atoms with Gasteiger partial charge in [-0.1, -0.05) is 23.5 Å². The molecule has 1 aliphatic heterocycles. The molecule has 0 unspecified atom stereocenters. The summed E-state index contributed by atoms with van der Waals surface area (Å²) in [6.45, 7) is 1.21. The molecule has 3 N–H and O–H groups in total. The molecule has 0 aliphatic carbocycles. The van der Waals surface area contributed by atoms with Crippen molar-refractivity contribution in [2.75, 3.05) is 12.3 Å². The van der Waals surface area contributed by atoms with E-state index in [9.17, 15) is 4.79 Å². The van der Waals surface area contributed by atoms with Crippen molar-refractivity contribution in [2.24, 2.45) is 0 Å². The molecule has 62 valence electrons. The average molecular weight is 192 g/mol. The van der Waals surface area contributed by atoms with Gasteiger partial charge >= 0.3 is 5.97 Å². The van der Waals surface area contributed by atoms with Crippen LogP contribution < -0.4 is 4.72 Å². The molecule has 1 fully saturated rings. The topological polar surface area (TPSA) is 65.1 Å². The van der Waals surface area contributed by atoms with E-state index >= 15 is 0 Å². The second-order valence-corrected chi connectivity index (χ2v) is 3.46. The van der Waals surface area contributed by atoms with Crippen LogP contribution >= 0.6 is 23.5 Å². The molecule has 0 saturated carbocycles. The predicted molar refractivity (Wildman–Crippen MR) is 46.1 cm³/mol. The second kappa shape index (κ2) is 4.42. The van der Waals surface area contributed by atoms with E-state index < -0.39 is 5.97 Å². The van der Waals surface area contributed by atoms with E-state index in [1.807, 2.05) is 0 Å². The Hall–Kier alpha value is -0.460. The van der Waals surface area contributed by atoms with Crippen LogP contribution in [-0.2, 0) is 0 Å². The SMILES string of the molecule is C1CSN1.O=C(O)c1cs[nH]1. The molecular weight excluding hydrogens is 184 g/mol. The number of carbonyl (C=O) groups is 1. The Kier molecular flexibility index (Phi) is 3.47. The first-order valence-corrected chi connectivity index (χ1v) is 4.87. The molecule has 1 aromatic heterocycles. The lowest BCUT2D eigenvalue weighted by Gasteiger charge is -2.08. The first-order chi connectivity index (χ1) is 5.30. The van der Waals surface area contributed by atoms with Crippen LogP contribution in [0.2, 0.25) is 0 Å². The average Bonchev–Trinajstić information content (AvgIpc) is 1.49. The number of nitrogens with one attached hydrogen (secondary N) is 2. The number of aromatic amines is 1. The molecule has 0 aromatic carbocycles. The van der Waals surface area contributed by atoms with Gasteiger partial charge in [0.1, 0.15) is 5.69 Å². The largest absolute Gasteiger partial charge is 0.477 e. The maximum Gasteiger partial charge on any atom is 0.354 e. The number of aromatic carboxylic acids is 1. The van der Waals surface area contributed by atoms with E-state index in [1.165, 1.54) is 23.8 Å². The molecule has 11 heavy (non-hydrogen) atoms. The highest BCUT2D eigenvalue weighted by molar-refractivity contribution is 7.98. The van der Waals surface area contributed by atoms with Crippen molar-refractivity contribution in [2.45, 2.75) is 0 Å². The normalized spacial score (nSPS) is 14.5. The maximum atomic E-state index is 9.84. The molecule has 6 heteroatoms. The van der Waals surface area contributed by atoms with E-state index in [-0.39, 0.29) is 5.69 Å². The van der Waals surface area contributed by atoms with Crippen molar-refractivity contribution in [1.82, 2.24) is 9.10 Å². The fourth-order valence-corrected chi connectivity index (χ4v) is 0.942. The van der Waals surface area contributed by atoms with E-state index in [0.29, 0.717) is 0 Å². The van der Waals surface area contributed by atoms with Crippen LogP contribution in [0, 0.1) is 0 Å². The van der Waals surface area contributed by atoms with Crippen molar-refractivity contribution in [3.63, 3.8) is 0 Å². The highest BCUT2D eigenvalue weighted by Gasteiger charge is 2.01. The quantitative estimate of drug-likeness (QED) is 0.581. The van der Waals surface area contributed by atoms with E-state index in [1.54, 1.807) is 17.3 Å². The fourth-order valence-electron chi connectivity index (χ4n) is 0.314. The lowest BCUT2D eigenvalue weighted by molar-refractivity contribution is 0.0691. The standard InChI is InChI=1S/C3H3NO2S.C2H5NS/c5-3(6)2-1-7-4-2;1-2-4-3-1/h1,4H,(H,5,6);3H,1-2H2. The van der Waals surface area contributed by atoms with E-state index in [2.05, 4.69) is 9.10 Å². The third-order valence-electron chi connectivity index (χ3n) is 0.984. The highest BCUT2D eigenvalue weighted by Crippen LogP contribution is 2.00. The number of hydrogen-bond donors (Lipinski definition) is 3. The lowest BCUT2D eigenvalue weighted by atomic mass is 10.5. The van der Waals surface area contributed by atoms with Crippen molar-refractivity contribution in [1.29, 1.82) is 0 Å². The second-order valence-electron chi connectivity index (χ2n) is 1.80. The van der Waals surface area contributed by atoms with E-state index in [0.717, 1.165) is 0 Å². The van der Waals surface area contributed by atoms with Crippen LogP contribution in [-0.4, -0.2) is 27.7 Å². The van der Waals surface area contributed by atoms with Crippen LogP contribution in [0.3, 0.4) is 0 Å². The van der Waals surface area contributed by atoms with Crippen LogP contribution in [0.15, 0.2) is 5.38 Å². The Labute approximate surface area is 72.3 Å². The van der Waals surface area contributed by atoms with Crippen LogP contribution in [0.5, 0.6) is 0 Å². The first kappa shape index (κ1) is 8.63. The first-order valence-electron chi connectivity index (χ1n) is 3.00. The number of rotatable bonds is 1. The fraction of sp³-hybridized carbons (Fsp3) is 0.400. The van der Waals surface area contributed by atoms with Gasteiger partial charge in [0, 0.05) is 17.7 Å². The number of hydrogen-bond acceptors (Lipinski definition) is 4. The summed E-state index contributed by atoms with van der Waals surface area (Å²) in [7, 11) is 0.